The molecule has 1 unspecified atom stereocenters. The van der Waals surface area contributed by atoms with Gasteiger partial charge in [0.1, 0.15) is 5.82 Å². The van der Waals surface area contributed by atoms with Crippen LogP contribution in [0.15, 0.2) is 18.2 Å². The fraction of sp³-hybridized carbons (Fsp3) is 0.588. The smallest absolute Gasteiger partial charge is 0.338 e. The number of hydrogen-bond acceptors (Lipinski definition) is 2. The quantitative estimate of drug-likeness (QED) is 0.918. The van der Waals surface area contributed by atoms with E-state index in [0.29, 0.717) is 18.0 Å². The summed E-state index contributed by atoms with van der Waals surface area (Å²) in [6, 6.07) is 4.63. The van der Waals surface area contributed by atoms with Gasteiger partial charge in [-0.1, -0.05) is 26.0 Å². The number of carboxylic acid groups (broad SMARTS) is 1. The molecule has 1 fully saturated rings. The molecule has 1 atom stereocenters. The van der Waals surface area contributed by atoms with Crippen LogP contribution in [0, 0.1) is 17.7 Å². The maximum atomic E-state index is 14.2. The molecule has 0 radical (unpaired) electrons. The molecular weight excluding hydrogens is 269 g/mol. The predicted octanol–water partition coefficient (Wildman–Crippen LogP) is 3.78. The Bertz CT molecular complexity index is 502. The highest BCUT2D eigenvalue weighted by atomic mass is 19.1. The average Bonchev–Trinajstić information content (AvgIpc) is 2.66. The summed E-state index contributed by atoms with van der Waals surface area (Å²) in [5.41, 5.74) is 0.250. The Hall–Kier alpha value is -1.42. The van der Waals surface area contributed by atoms with Gasteiger partial charge in [0.2, 0.25) is 0 Å². The first kappa shape index (κ1) is 16.0. The Labute approximate surface area is 125 Å². The molecular formula is C17H24FNO2. The molecule has 0 aromatic heterocycles. The van der Waals surface area contributed by atoms with Crippen LogP contribution in [0.1, 0.15) is 49.0 Å². The van der Waals surface area contributed by atoms with Gasteiger partial charge in [0.15, 0.2) is 0 Å². The van der Waals surface area contributed by atoms with Gasteiger partial charge in [0, 0.05) is 12.1 Å². The van der Waals surface area contributed by atoms with Crippen LogP contribution < -0.4 is 0 Å². The van der Waals surface area contributed by atoms with Crippen molar-refractivity contribution in [1.29, 1.82) is 0 Å². The standard InChI is InChI=1S/C17H24FNO2/c1-12(2)13-6-4-9-19(10-8-13)11-14-5-3-7-15(16(14)18)17(20)21/h3,5,7,12-13H,4,6,8-11H2,1-2H3,(H,20,21). The molecule has 0 spiro atoms. The minimum Gasteiger partial charge on any atom is -0.478 e. The third-order valence-electron chi connectivity index (χ3n) is 4.51. The number of carbonyl (C=O) groups is 1. The zero-order valence-electron chi connectivity index (χ0n) is 12.8. The second kappa shape index (κ2) is 7.03. The molecule has 1 saturated heterocycles. The summed E-state index contributed by atoms with van der Waals surface area (Å²) in [6.07, 6.45) is 3.49. The van der Waals surface area contributed by atoms with Crippen molar-refractivity contribution in [2.45, 2.75) is 39.7 Å². The fourth-order valence-electron chi connectivity index (χ4n) is 3.11. The van der Waals surface area contributed by atoms with Crippen molar-refractivity contribution in [1.82, 2.24) is 4.90 Å². The molecule has 1 heterocycles. The van der Waals surface area contributed by atoms with Crippen molar-refractivity contribution < 1.29 is 14.3 Å². The molecule has 0 aliphatic carbocycles. The van der Waals surface area contributed by atoms with E-state index < -0.39 is 11.8 Å². The molecule has 1 aliphatic heterocycles. The van der Waals surface area contributed by atoms with Gasteiger partial charge in [-0.25, -0.2) is 9.18 Å². The van der Waals surface area contributed by atoms with Gasteiger partial charge in [-0.3, -0.25) is 4.90 Å². The molecule has 0 saturated carbocycles. The molecule has 0 amide bonds. The largest absolute Gasteiger partial charge is 0.478 e. The van der Waals surface area contributed by atoms with Crippen LogP contribution in [0.2, 0.25) is 0 Å². The summed E-state index contributed by atoms with van der Waals surface area (Å²) < 4.78 is 14.2. The van der Waals surface area contributed by atoms with E-state index in [1.54, 1.807) is 12.1 Å². The van der Waals surface area contributed by atoms with Crippen LogP contribution in [0.25, 0.3) is 0 Å². The first-order valence-electron chi connectivity index (χ1n) is 7.72. The van der Waals surface area contributed by atoms with Gasteiger partial charge < -0.3 is 5.11 Å². The van der Waals surface area contributed by atoms with Gasteiger partial charge in [0.25, 0.3) is 0 Å². The molecule has 0 bridgehead atoms. The highest BCUT2D eigenvalue weighted by Crippen LogP contribution is 2.25. The highest BCUT2D eigenvalue weighted by Gasteiger charge is 2.21. The third-order valence-corrected chi connectivity index (χ3v) is 4.51. The second-order valence-electron chi connectivity index (χ2n) is 6.29. The van der Waals surface area contributed by atoms with Crippen LogP contribution in [-0.4, -0.2) is 29.1 Å². The van der Waals surface area contributed by atoms with Crippen LogP contribution >= 0.6 is 0 Å². The fourth-order valence-corrected chi connectivity index (χ4v) is 3.11. The highest BCUT2D eigenvalue weighted by molar-refractivity contribution is 5.88. The molecule has 116 valence electrons. The van der Waals surface area contributed by atoms with E-state index in [-0.39, 0.29) is 5.56 Å². The topological polar surface area (TPSA) is 40.5 Å². The van der Waals surface area contributed by atoms with Crippen molar-refractivity contribution in [3.63, 3.8) is 0 Å². The van der Waals surface area contributed by atoms with Gasteiger partial charge in [0.05, 0.1) is 5.56 Å². The number of rotatable bonds is 4. The summed E-state index contributed by atoms with van der Waals surface area (Å²) >= 11 is 0. The Kier molecular flexibility index (Phi) is 5.34. The van der Waals surface area contributed by atoms with Gasteiger partial charge in [-0.05, 0) is 50.3 Å². The first-order valence-corrected chi connectivity index (χ1v) is 7.72. The van der Waals surface area contributed by atoms with Crippen LogP contribution in [0.3, 0.4) is 0 Å². The Morgan fingerprint density at radius 3 is 2.81 bits per heavy atom. The summed E-state index contributed by atoms with van der Waals surface area (Å²) in [5, 5.41) is 8.98. The number of nitrogens with zero attached hydrogens (tertiary/aromatic N) is 1. The van der Waals surface area contributed by atoms with Gasteiger partial charge >= 0.3 is 5.97 Å². The number of aromatic carboxylic acids is 1. The summed E-state index contributed by atoms with van der Waals surface area (Å²) in [7, 11) is 0. The Morgan fingerprint density at radius 1 is 1.38 bits per heavy atom. The molecule has 21 heavy (non-hydrogen) atoms. The lowest BCUT2D eigenvalue weighted by atomic mass is 9.89. The Morgan fingerprint density at radius 2 is 2.14 bits per heavy atom. The van der Waals surface area contributed by atoms with E-state index in [2.05, 4.69) is 18.7 Å². The zero-order chi connectivity index (χ0) is 15.4. The summed E-state index contributed by atoms with van der Waals surface area (Å²) in [5.74, 6) is -0.359. The normalized spacial score (nSPS) is 20.5. The van der Waals surface area contributed by atoms with E-state index in [0.717, 1.165) is 31.8 Å². The van der Waals surface area contributed by atoms with E-state index in [1.807, 2.05) is 0 Å². The van der Waals surface area contributed by atoms with E-state index in [1.165, 1.54) is 12.5 Å². The number of benzene rings is 1. The summed E-state index contributed by atoms with van der Waals surface area (Å²) in [4.78, 5) is 13.2. The monoisotopic (exact) mass is 293 g/mol. The van der Waals surface area contributed by atoms with Crippen molar-refractivity contribution in [3.8, 4) is 0 Å². The predicted molar refractivity (Wildman–Crippen MR) is 80.8 cm³/mol. The van der Waals surface area contributed by atoms with E-state index >= 15 is 0 Å². The number of likely N-dealkylation sites (tertiary alicyclic amines) is 1. The van der Waals surface area contributed by atoms with Crippen LogP contribution in [-0.2, 0) is 6.54 Å². The number of halogens is 1. The number of hydrogen-bond donors (Lipinski definition) is 1. The van der Waals surface area contributed by atoms with Gasteiger partial charge in [-0.15, -0.1) is 0 Å². The molecule has 2 rings (SSSR count). The molecule has 3 nitrogen and oxygen atoms in total. The molecule has 1 N–H and O–H groups in total. The third kappa shape index (κ3) is 4.03. The van der Waals surface area contributed by atoms with Crippen molar-refractivity contribution in [2.24, 2.45) is 11.8 Å². The minimum absolute atomic E-state index is 0.234. The lowest BCUT2D eigenvalue weighted by Crippen LogP contribution is -2.25. The SMILES string of the molecule is CC(C)C1CCCN(Cc2cccc(C(=O)O)c2F)CC1. The zero-order valence-corrected chi connectivity index (χ0v) is 12.8. The maximum absolute atomic E-state index is 14.2. The van der Waals surface area contributed by atoms with Crippen LogP contribution in [0.5, 0.6) is 0 Å². The van der Waals surface area contributed by atoms with E-state index in [9.17, 15) is 9.18 Å². The molecule has 1 aromatic carbocycles. The maximum Gasteiger partial charge on any atom is 0.338 e. The minimum atomic E-state index is -1.20. The van der Waals surface area contributed by atoms with Crippen molar-refractivity contribution in [3.05, 3.63) is 35.1 Å². The first-order chi connectivity index (χ1) is 9.99. The lowest BCUT2D eigenvalue weighted by molar-refractivity contribution is 0.0691. The summed E-state index contributed by atoms with van der Waals surface area (Å²) in [6.45, 7) is 6.93. The lowest BCUT2D eigenvalue weighted by Gasteiger charge is -2.21. The van der Waals surface area contributed by atoms with Crippen molar-refractivity contribution >= 4 is 5.97 Å². The average molecular weight is 293 g/mol. The van der Waals surface area contributed by atoms with E-state index in [4.69, 9.17) is 5.11 Å². The molecule has 1 aliphatic rings. The second-order valence-corrected chi connectivity index (χ2v) is 6.29. The van der Waals surface area contributed by atoms with Crippen molar-refractivity contribution in [2.75, 3.05) is 13.1 Å². The molecule has 4 heteroatoms. The van der Waals surface area contributed by atoms with Crippen LogP contribution in [0.4, 0.5) is 4.39 Å². The number of carboxylic acids is 1. The Balaban J connectivity index is 2.05. The molecule has 1 aromatic rings. The van der Waals surface area contributed by atoms with Gasteiger partial charge in [-0.2, -0.15) is 0 Å².